The van der Waals surface area contributed by atoms with Crippen molar-refractivity contribution >= 4 is 31.6 Å². The molecule has 1 atom stereocenters. The van der Waals surface area contributed by atoms with E-state index in [0.29, 0.717) is 30.9 Å². The first-order chi connectivity index (χ1) is 16.6. The van der Waals surface area contributed by atoms with Gasteiger partial charge in [-0.25, -0.2) is 16.8 Å². The second-order valence-corrected chi connectivity index (χ2v) is 12.2. The van der Waals surface area contributed by atoms with Crippen molar-refractivity contribution in [2.75, 3.05) is 36.8 Å². The minimum atomic E-state index is -3.68. The zero-order valence-corrected chi connectivity index (χ0v) is 21.7. The van der Waals surface area contributed by atoms with E-state index >= 15 is 0 Å². The molecule has 1 saturated heterocycles. The number of rotatable bonds is 11. The van der Waals surface area contributed by atoms with Gasteiger partial charge in [-0.3, -0.25) is 9.10 Å². The molecule has 1 fully saturated rings. The Bertz CT molecular complexity index is 1180. The van der Waals surface area contributed by atoms with Crippen molar-refractivity contribution in [1.82, 2.24) is 9.62 Å². The Morgan fingerprint density at radius 2 is 1.63 bits per heavy atom. The van der Waals surface area contributed by atoms with Gasteiger partial charge in [0, 0.05) is 13.1 Å². The third-order valence-electron chi connectivity index (χ3n) is 5.79. The number of hydrogen-bond donors (Lipinski definition) is 1. The molecule has 2 aromatic rings. The van der Waals surface area contributed by atoms with E-state index in [0.717, 1.165) is 29.8 Å². The highest BCUT2D eigenvalue weighted by atomic mass is 32.2. The van der Waals surface area contributed by atoms with E-state index in [9.17, 15) is 21.6 Å². The van der Waals surface area contributed by atoms with Crippen LogP contribution in [0.15, 0.2) is 59.5 Å². The smallest absolute Gasteiger partial charge is 0.244 e. The minimum absolute atomic E-state index is 0.143. The van der Waals surface area contributed by atoms with Gasteiger partial charge in [-0.1, -0.05) is 31.5 Å². The fourth-order valence-corrected chi connectivity index (χ4v) is 6.79. The fraction of sp³-hybridized carbons (Fsp3) is 0.458. The lowest BCUT2D eigenvalue weighted by atomic mass is 10.2. The third kappa shape index (κ3) is 6.96. The lowest BCUT2D eigenvalue weighted by Gasteiger charge is -2.30. The summed E-state index contributed by atoms with van der Waals surface area (Å²) in [5.41, 5.74) is 0.424. The van der Waals surface area contributed by atoms with Crippen LogP contribution in [0.3, 0.4) is 0 Å². The van der Waals surface area contributed by atoms with E-state index in [1.807, 2.05) is 0 Å². The van der Waals surface area contributed by atoms with Crippen LogP contribution >= 0.6 is 0 Å². The SMILES string of the molecule is CC[C@@H](C(=O)NCCOc1ccc(S(=O)(=O)N2CCCCC2)cc1)N(c1ccccc1)S(C)(=O)=O. The topological polar surface area (TPSA) is 113 Å². The molecule has 0 saturated carbocycles. The van der Waals surface area contributed by atoms with Gasteiger partial charge in [0.2, 0.25) is 26.0 Å². The summed E-state index contributed by atoms with van der Waals surface area (Å²) in [6.45, 7) is 3.14. The van der Waals surface area contributed by atoms with Crippen LogP contribution in [0, 0.1) is 0 Å². The molecule has 1 amide bonds. The standard InChI is InChI=1S/C24H33N3O6S2/c1-3-23(27(34(2,29)30)20-10-6-4-7-11-20)24(28)25-16-19-33-21-12-14-22(15-13-21)35(31,32)26-17-8-5-9-18-26/h4,6-7,10-15,23H,3,5,8-9,16-19H2,1-2H3,(H,25,28)/t23-/m0/s1. The Labute approximate surface area is 208 Å². The molecule has 0 unspecified atom stereocenters. The Hall–Kier alpha value is -2.63. The Kier molecular flexibility index (Phi) is 9.15. The average molecular weight is 524 g/mol. The highest BCUT2D eigenvalue weighted by molar-refractivity contribution is 7.92. The number of piperidine rings is 1. The quantitative estimate of drug-likeness (QED) is 0.453. The maximum Gasteiger partial charge on any atom is 0.244 e. The van der Waals surface area contributed by atoms with Crippen LogP contribution in [0.4, 0.5) is 5.69 Å². The van der Waals surface area contributed by atoms with Gasteiger partial charge in [0.05, 0.1) is 23.4 Å². The number of carbonyl (C=O) groups is 1. The molecule has 35 heavy (non-hydrogen) atoms. The van der Waals surface area contributed by atoms with E-state index in [2.05, 4.69) is 5.32 Å². The van der Waals surface area contributed by atoms with Crippen LogP contribution in [-0.2, 0) is 24.8 Å². The van der Waals surface area contributed by atoms with Crippen LogP contribution in [-0.4, -0.2) is 65.6 Å². The summed E-state index contributed by atoms with van der Waals surface area (Å²) in [6, 6.07) is 13.8. The van der Waals surface area contributed by atoms with Gasteiger partial charge in [-0.15, -0.1) is 0 Å². The van der Waals surface area contributed by atoms with Gasteiger partial charge < -0.3 is 10.1 Å². The highest BCUT2D eigenvalue weighted by Gasteiger charge is 2.31. The number of anilines is 1. The summed E-state index contributed by atoms with van der Waals surface area (Å²) in [5.74, 6) is 0.0549. The molecule has 0 spiro atoms. The van der Waals surface area contributed by atoms with Crippen LogP contribution < -0.4 is 14.4 Å². The molecule has 0 radical (unpaired) electrons. The first-order valence-corrected chi connectivity index (χ1v) is 15.0. The lowest BCUT2D eigenvalue weighted by molar-refractivity contribution is -0.122. The second kappa shape index (κ2) is 11.9. The Morgan fingerprint density at radius 1 is 1.00 bits per heavy atom. The van der Waals surface area contributed by atoms with Crippen LogP contribution in [0.1, 0.15) is 32.6 Å². The Morgan fingerprint density at radius 3 is 2.20 bits per heavy atom. The number of nitrogens with zero attached hydrogens (tertiary/aromatic N) is 2. The summed E-state index contributed by atoms with van der Waals surface area (Å²) >= 11 is 0. The number of para-hydroxylation sites is 1. The summed E-state index contributed by atoms with van der Waals surface area (Å²) in [4.78, 5) is 13.0. The normalized spacial score (nSPS) is 15.8. The number of amides is 1. The van der Waals surface area contributed by atoms with Crippen molar-refractivity contribution in [3.05, 3.63) is 54.6 Å². The van der Waals surface area contributed by atoms with Gasteiger partial charge in [0.1, 0.15) is 18.4 Å². The molecule has 0 bridgehead atoms. The van der Waals surface area contributed by atoms with E-state index in [1.165, 1.54) is 16.4 Å². The average Bonchev–Trinajstić information content (AvgIpc) is 2.85. The number of benzene rings is 2. The molecule has 1 N–H and O–H groups in total. The zero-order chi connectivity index (χ0) is 25.5. The largest absolute Gasteiger partial charge is 0.492 e. The lowest BCUT2D eigenvalue weighted by Crippen LogP contribution is -2.49. The van der Waals surface area contributed by atoms with E-state index < -0.39 is 32.0 Å². The van der Waals surface area contributed by atoms with Gasteiger partial charge in [-0.2, -0.15) is 4.31 Å². The molecule has 192 valence electrons. The van der Waals surface area contributed by atoms with Gasteiger partial charge in [-0.05, 0) is 55.7 Å². The monoisotopic (exact) mass is 523 g/mol. The van der Waals surface area contributed by atoms with E-state index in [1.54, 1.807) is 49.4 Å². The van der Waals surface area contributed by atoms with Crippen LogP contribution in [0.5, 0.6) is 5.75 Å². The molecule has 0 aliphatic carbocycles. The van der Waals surface area contributed by atoms with Crippen molar-refractivity contribution in [1.29, 1.82) is 0 Å². The number of hydrogen-bond acceptors (Lipinski definition) is 6. The first-order valence-electron chi connectivity index (χ1n) is 11.7. The summed E-state index contributed by atoms with van der Waals surface area (Å²) in [5, 5.41) is 2.73. The molecule has 1 aliphatic rings. The molecule has 3 rings (SSSR count). The van der Waals surface area contributed by atoms with Crippen molar-refractivity contribution in [3.63, 3.8) is 0 Å². The highest BCUT2D eigenvalue weighted by Crippen LogP contribution is 2.23. The number of sulfonamides is 2. The summed E-state index contributed by atoms with van der Waals surface area (Å²) in [7, 11) is -7.19. The first kappa shape index (κ1) is 27.0. The van der Waals surface area contributed by atoms with E-state index in [-0.39, 0.29) is 18.0 Å². The van der Waals surface area contributed by atoms with Crippen LogP contribution in [0.2, 0.25) is 0 Å². The number of nitrogens with one attached hydrogen (secondary N) is 1. The molecule has 2 aromatic carbocycles. The zero-order valence-electron chi connectivity index (χ0n) is 20.1. The van der Waals surface area contributed by atoms with Crippen molar-refractivity contribution in [2.45, 2.75) is 43.5 Å². The maximum atomic E-state index is 12.8. The molecule has 1 heterocycles. The molecular weight excluding hydrogens is 490 g/mol. The van der Waals surface area contributed by atoms with Crippen LogP contribution in [0.25, 0.3) is 0 Å². The molecule has 9 nitrogen and oxygen atoms in total. The third-order valence-corrected chi connectivity index (χ3v) is 8.88. The predicted octanol–water partition coefficient (Wildman–Crippen LogP) is 2.60. The van der Waals surface area contributed by atoms with Crippen molar-refractivity contribution in [3.8, 4) is 5.75 Å². The summed E-state index contributed by atoms with van der Waals surface area (Å²) in [6.07, 6.45) is 4.17. The Balaban J connectivity index is 1.55. The van der Waals surface area contributed by atoms with Gasteiger partial charge in [0.25, 0.3) is 0 Å². The second-order valence-electron chi connectivity index (χ2n) is 8.39. The van der Waals surface area contributed by atoms with Crippen molar-refractivity contribution in [2.24, 2.45) is 0 Å². The number of ether oxygens (including phenoxy) is 1. The predicted molar refractivity (Wildman–Crippen MR) is 135 cm³/mol. The fourth-order valence-electron chi connectivity index (χ4n) is 4.06. The molecule has 1 aliphatic heterocycles. The number of carbonyl (C=O) groups excluding carboxylic acids is 1. The molecule has 0 aromatic heterocycles. The maximum absolute atomic E-state index is 12.8. The summed E-state index contributed by atoms with van der Waals surface area (Å²) < 4.78 is 58.6. The van der Waals surface area contributed by atoms with Crippen molar-refractivity contribution < 1.29 is 26.4 Å². The van der Waals surface area contributed by atoms with Gasteiger partial charge in [0.15, 0.2) is 0 Å². The molecule has 11 heteroatoms. The van der Waals surface area contributed by atoms with Gasteiger partial charge >= 0.3 is 0 Å². The van der Waals surface area contributed by atoms with E-state index in [4.69, 9.17) is 4.74 Å². The minimum Gasteiger partial charge on any atom is -0.492 e. The molecular formula is C24H33N3O6S2.